The van der Waals surface area contributed by atoms with Gasteiger partial charge in [0, 0.05) is 50.9 Å². The molecule has 0 spiro atoms. The zero-order valence-corrected chi connectivity index (χ0v) is 21.2. The highest BCUT2D eigenvalue weighted by molar-refractivity contribution is 6.36. The molecule has 1 aliphatic heterocycles. The second-order valence-electron chi connectivity index (χ2n) is 10.4. The van der Waals surface area contributed by atoms with Gasteiger partial charge in [-0.05, 0) is 47.3 Å². The highest BCUT2D eigenvalue weighted by atomic mass is 15.0. The molecule has 0 amide bonds. The first kappa shape index (κ1) is 20.9. The Hall–Kier alpha value is -5.15. The molecule has 1 aliphatic rings. The van der Waals surface area contributed by atoms with Gasteiger partial charge in [0.05, 0.1) is 27.8 Å². The van der Waals surface area contributed by atoms with E-state index in [0.29, 0.717) is 0 Å². The molecule has 0 saturated carbocycles. The standard InChI is InChI=1S/C36H23N3/c1-2-10-24(11-3-1)38-32-17-9-7-15-29(32)34-35(38)27-13-5-4-12-26(27)33-28-14-6-8-16-31(28)39(36(33)34)25-19-18-23-20-21-37-30(23)22-25/h1-19,21-22H,20H2. The molecule has 0 unspecified atom stereocenters. The van der Waals surface area contributed by atoms with E-state index < -0.39 is 0 Å². The monoisotopic (exact) mass is 497 g/mol. The number of aromatic nitrogens is 2. The van der Waals surface area contributed by atoms with Crippen LogP contribution in [0.3, 0.4) is 0 Å². The number of nitrogens with zero attached hydrogens (tertiary/aromatic N) is 3. The molecular formula is C36H23N3. The zero-order valence-electron chi connectivity index (χ0n) is 21.2. The minimum atomic E-state index is 0.905. The van der Waals surface area contributed by atoms with Gasteiger partial charge in [0.15, 0.2) is 0 Å². The molecule has 2 aromatic heterocycles. The molecule has 0 aliphatic carbocycles. The average molecular weight is 498 g/mol. The van der Waals surface area contributed by atoms with Crippen molar-refractivity contribution in [1.29, 1.82) is 0 Å². The lowest BCUT2D eigenvalue weighted by molar-refractivity contribution is 1.17. The molecule has 0 atom stereocenters. The van der Waals surface area contributed by atoms with Gasteiger partial charge in [-0.25, -0.2) is 0 Å². The SMILES string of the molecule is C1=Nc2cc(-n3c4ccccc4c4c5ccccc5c5c(c6ccccc6n5-c5ccccc5)c43)ccc2C1. The van der Waals surface area contributed by atoms with E-state index >= 15 is 0 Å². The molecule has 182 valence electrons. The topological polar surface area (TPSA) is 22.2 Å². The molecule has 6 aromatic carbocycles. The van der Waals surface area contributed by atoms with Crippen LogP contribution >= 0.6 is 0 Å². The molecule has 0 saturated heterocycles. The number of rotatable bonds is 2. The Balaban J connectivity index is 1.61. The van der Waals surface area contributed by atoms with Crippen LogP contribution in [0.15, 0.2) is 126 Å². The largest absolute Gasteiger partial charge is 0.309 e. The Labute approximate surface area is 224 Å². The van der Waals surface area contributed by atoms with Crippen LogP contribution in [-0.4, -0.2) is 15.3 Å². The molecule has 0 bridgehead atoms. The third-order valence-corrected chi connectivity index (χ3v) is 8.32. The van der Waals surface area contributed by atoms with Crippen LogP contribution in [0.4, 0.5) is 5.69 Å². The predicted molar refractivity (Wildman–Crippen MR) is 164 cm³/mol. The fraction of sp³-hybridized carbons (Fsp3) is 0.0278. The molecule has 3 nitrogen and oxygen atoms in total. The van der Waals surface area contributed by atoms with Crippen LogP contribution in [0.25, 0.3) is 65.8 Å². The number of benzene rings is 6. The van der Waals surface area contributed by atoms with E-state index in [2.05, 4.69) is 130 Å². The lowest BCUT2D eigenvalue weighted by Gasteiger charge is -2.13. The van der Waals surface area contributed by atoms with Crippen molar-refractivity contribution in [2.45, 2.75) is 6.42 Å². The second kappa shape index (κ2) is 7.68. The summed E-state index contributed by atoms with van der Waals surface area (Å²) in [5.41, 5.74) is 9.59. The highest BCUT2D eigenvalue weighted by Crippen LogP contribution is 2.46. The third kappa shape index (κ3) is 2.74. The van der Waals surface area contributed by atoms with Gasteiger partial charge in [0.2, 0.25) is 0 Å². The average Bonchev–Trinajstić information content (AvgIpc) is 3.70. The van der Waals surface area contributed by atoms with Gasteiger partial charge >= 0.3 is 0 Å². The van der Waals surface area contributed by atoms with Crippen molar-refractivity contribution in [3.05, 3.63) is 127 Å². The molecule has 9 rings (SSSR count). The Morgan fingerprint density at radius 1 is 0.487 bits per heavy atom. The molecule has 3 heterocycles. The van der Waals surface area contributed by atoms with Crippen molar-refractivity contribution in [1.82, 2.24) is 9.13 Å². The summed E-state index contributed by atoms with van der Waals surface area (Å²) in [4.78, 5) is 4.69. The maximum absolute atomic E-state index is 4.69. The van der Waals surface area contributed by atoms with Crippen LogP contribution in [0.5, 0.6) is 0 Å². The highest BCUT2D eigenvalue weighted by Gasteiger charge is 2.24. The van der Waals surface area contributed by atoms with Gasteiger partial charge in [-0.1, -0.05) is 84.9 Å². The molecule has 39 heavy (non-hydrogen) atoms. The number of para-hydroxylation sites is 3. The van der Waals surface area contributed by atoms with E-state index in [0.717, 1.165) is 17.8 Å². The van der Waals surface area contributed by atoms with Crippen molar-refractivity contribution < 1.29 is 0 Å². The van der Waals surface area contributed by atoms with Gasteiger partial charge in [0.1, 0.15) is 0 Å². The lowest BCUT2D eigenvalue weighted by atomic mass is 9.99. The molecule has 8 aromatic rings. The maximum Gasteiger partial charge on any atom is 0.0682 e. The van der Waals surface area contributed by atoms with Crippen molar-refractivity contribution in [3.63, 3.8) is 0 Å². The zero-order chi connectivity index (χ0) is 25.5. The minimum Gasteiger partial charge on any atom is -0.309 e. The molecule has 3 heteroatoms. The molecule has 0 N–H and O–H groups in total. The van der Waals surface area contributed by atoms with Crippen molar-refractivity contribution in [2.75, 3.05) is 0 Å². The van der Waals surface area contributed by atoms with E-state index in [4.69, 9.17) is 4.99 Å². The third-order valence-electron chi connectivity index (χ3n) is 8.32. The second-order valence-corrected chi connectivity index (χ2v) is 10.4. The first-order chi connectivity index (χ1) is 19.4. The quantitative estimate of drug-likeness (QED) is 0.227. The smallest absolute Gasteiger partial charge is 0.0682 e. The summed E-state index contributed by atoms with van der Waals surface area (Å²) >= 11 is 0. The Kier molecular flexibility index (Phi) is 4.11. The van der Waals surface area contributed by atoms with Crippen LogP contribution in [0.1, 0.15) is 5.56 Å². The van der Waals surface area contributed by atoms with E-state index in [-0.39, 0.29) is 0 Å². The summed E-state index contributed by atoms with van der Waals surface area (Å²) in [5, 5.41) is 7.65. The van der Waals surface area contributed by atoms with E-state index in [1.807, 2.05) is 6.21 Å². The summed E-state index contributed by atoms with van der Waals surface area (Å²) in [6.45, 7) is 0. The van der Waals surface area contributed by atoms with E-state index in [1.54, 1.807) is 0 Å². The molecule has 0 fully saturated rings. The van der Waals surface area contributed by atoms with Gasteiger partial charge in [-0.3, -0.25) is 4.99 Å². The number of hydrogen-bond acceptors (Lipinski definition) is 1. The van der Waals surface area contributed by atoms with Gasteiger partial charge in [-0.15, -0.1) is 0 Å². The van der Waals surface area contributed by atoms with Crippen molar-refractivity contribution in [2.24, 2.45) is 4.99 Å². The summed E-state index contributed by atoms with van der Waals surface area (Å²) in [6.07, 6.45) is 2.92. The van der Waals surface area contributed by atoms with E-state index in [9.17, 15) is 0 Å². The normalized spacial score (nSPS) is 12.9. The number of hydrogen-bond donors (Lipinski definition) is 0. The summed E-state index contributed by atoms with van der Waals surface area (Å²) < 4.78 is 4.91. The number of aliphatic imine (C=N–C) groups is 1. The Morgan fingerprint density at radius 2 is 1.10 bits per heavy atom. The minimum absolute atomic E-state index is 0.905. The van der Waals surface area contributed by atoms with Crippen molar-refractivity contribution in [3.8, 4) is 11.4 Å². The van der Waals surface area contributed by atoms with Crippen LogP contribution < -0.4 is 0 Å². The fourth-order valence-electron chi connectivity index (χ4n) is 6.73. The Bertz CT molecular complexity index is 2300. The van der Waals surface area contributed by atoms with Crippen LogP contribution in [0.2, 0.25) is 0 Å². The summed E-state index contributed by atoms with van der Waals surface area (Å²) in [7, 11) is 0. The van der Waals surface area contributed by atoms with Crippen LogP contribution in [0, 0.1) is 0 Å². The molecular weight excluding hydrogens is 474 g/mol. The Morgan fingerprint density at radius 3 is 1.87 bits per heavy atom. The summed E-state index contributed by atoms with van der Waals surface area (Å²) in [6, 6.07) is 44.1. The summed E-state index contributed by atoms with van der Waals surface area (Å²) in [5.74, 6) is 0. The van der Waals surface area contributed by atoms with Crippen molar-refractivity contribution >= 4 is 66.3 Å². The molecule has 0 radical (unpaired) electrons. The van der Waals surface area contributed by atoms with Crippen LogP contribution in [-0.2, 0) is 6.42 Å². The van der Waals surface area contributed by atoms with Gasteiger partial charge in [-0.2, -0.15) is 0 Å². The van der Waals surface area contributed by atoms with Gasteiger partial charge in [0.25, 0.3) is 0 Å². The number of fused-ring (bicyclic) bond motifs is 11. The lowest BCUT2D eigenvalue weighted by Crippen LogP contribution is -1.96. The van der Waals surface area contributed by atoms with E-state index in [1.165, 1.54) is 65.6 Å². The first-order valence-corrected chi connectivity index (χ1v) is 13.5. The fourth-order valence-corrected chi connectivity index (χ4v) is 6.73. The predicted octanol–water partition coefficient (Wildman–Crippen LogP) is 9.29. The maximum atomic E-state index is 4.69. The van der Waals surface area contributed by atoms with Gasteiger partial charge < -0.3 is 9.13 Å². The first-order valence-electron chi connectivity index (χ1n) is 13.5.